The number of methoxy groups -OCH3 is 2. The van der Waals surface area contributed by atoms with E-state index in [0.717, 1.165) is 36.8 Å². The van der Waals surface area contributed by atoms with Crippen LogP contribution in [0.4, 0.5) is 0 Å². The first-order chi connectivity index (χ1) is 18.5. The van der Waals surface area contributed by atoms with Crippen molar-refractivity contribution in [2.45, 2.75) is 62.9 Å². The highest BCUT2D eigenvalue weighted by molar-refractivity contribution is 5.61. The molecule has 38 heavy (non-hydrogen) atoms. The van der Waals surface area contributed by atoms with Crippen LogP contribution < -0.4 is 9.47 Å². The van der Waals surface area contributed by atoms with E-state index in [-0.39, 0.29) is 30.1 Å². The molecule has 5 aliphatic rings. The molecule has 6 nitrogen and oxygen atoms in total. The smallest absolute Gasteiger partial charge is 0.165 e. The van der Waals surface area contributed by atoms with Crippen LogP contribution in [-0.2, 0) is 27.9 Å². The zero-order valence-corrected chi connectivity index (χ0v) is 22.9. The molecule has 204 valence electrons. The van der Waals surface area contributed by atoms with E-state index < -0.39 is 5.41 Å². The number of ether oxygens (including phenoxy) is 4. The topological polar surface area (TPSA) is 60.4 Å². The SMILES string of the molecule is COc1ccc2c3c1OC1C(OC)C(C)(CO)C(COCc4ccccc4)C4C(C2)N(CC2CC2)CCC314. The van der Waals surface area contributed by atoms with Gasteiger partial charge < -0.3 is 24.1 Å². The van der Waals surface area contributed by atoms with Gasteiger partial charge in [0.2, 0.25) is 0 Å². The molecular weight excluding hydrogens is 478 g/mol. The fourth-order valence-corrected chi connectivity index (χ4v) is 8.83. The van der Waals surface area contributed by atoms with Gasteiger partial charge in [0.15, 0.2) is 11.5 Å². The van der Waals surface area contributed by atoms with Gasteiger partial charge in [0.25, 0.3) is 0 Å². The normalized spacial score (nSPS) is 37.0. The predicted molar refractivity (Wildman–Crippen MR) is 145 cm³/mol. The van der Waals surface area contributed by atoms with Crippen LogP contribution in [0.5, 0.6) is 11.5 Å². The Morgan fingerprint density at radius 1 is 1.11 bits per heavy atom. The summed E-state index contributed by atoms with van der Waals surface area (Å²) >= 11 is 0. The maximum Gasteiger partial charge on any atom is 0.165 e. The van der Waals surface area contributed by atoms with E-state index in [2.05, 4.69) is 48.2 Å². The van der Waals surface area contributed by atoms with Crippen LogP contribution in [0.25, 0.3) is 0 Å². The van der Waals surface area contributed by atoms with Gasteiger partial charge in [0.05, 0.1) is 26.9 Å². The number of hydrogen-bond acceptors (Lipinski definition) is 6. The Kier molecular flexibility index (Phi) is 6.04. The summed E-state index contributed by atoms with van der Waals surface area (Å²) in [4.78, 5) is 2.78. The third kappa shape index (κ3) is 3.46. The van der Waals surface area contributed by atoms with Crippen molar-refractivity contribution in [3.8, 4) is 11.5 Å². The van der Waals surface area contributed by atoms with E-state index in [1.54, 1.807) is 14.2 Å². The van der Waals surface area contributed by atoms with Gasteiger partial charge in [0, 0.05) is 36.1 Å². The van der Waals surface area contributed by atoms with Crippen LogP contribution in [0.1, 0.15) is 42.9 Å². The number of hydrogen-bond donors (Lipinski definition) is 1. The standard InChI is InChI=1S/C32H41NO5/c1-31(19-34)23(18-37-17-21-7-5-4-6-8-21)27-24-15-22-11-12-25(35-2)28-26(22)32(27,30(38-28)29(31)36-3)13-14-33(24)16-20-9-10-20/h4-8,11-12,20,23-24,27,29-30,34H,9-10,13-19H2,1-3H3. The summed E-state index contributed by atoms with van der Waals surface area (Å²) in [5.41, 5.74) is 3.26. The fraction of sp³-hybridized carbons (Fsp3) is 0.625. The molecule has 2 bridgehead atoms. The van der Waals surface area contributed by atoms with E-state index in [1.807, 2.05) is 6.07 Å². The summed E-state index contributed by atoms with van der Waals surface area (Å²) in [5, 5.41) is 11.1. The molecule has 2 heterocycles. The van der Waals surface area contributed by atoms with E-state index in [1.165, 1.54) is 36.1 Å². The summed E-state index contributed by atoms with van der Waals surface area (Å²) in [5.74, 6) is 2.98. The lowest BCUT2D eigenvalue weighted by molar-refractivity contribution is -0.225. The molecule has 1 spiro atoms. The van der Waals surface area contributed by atoms with E-state index >= 15 is 0 Å². The van der Waals surface area contributed by atoms with Crippen molar-refractivity contribution in [1.82, 2.24) is 4.90 Å². The number of nitrogens with zero attached hydrogens (tertiary/aromatic N) is 1. The van der Waals surface area contributed by atoms with Gasteiger partial charge in [-0.25, -0.2) is 0 Å². The van der Waals surface area contributed by atoms with Gasteiger partial charge in [-0.2, -0.15) is 0 Å². The van der Waals surface area contributed by atoms with Crippen molar-refractivity contribution in [3.63, 3.8) is 0 Å². The molecule has 3 aliphatic carbocycles. The number of benzene rings is 2. The van der Waals surface area contributed by atoms with Gasteiger partial charge in [-0.3, -0.25) is 4.90 Å². The van der Waals surface area contributed by atoms with E-state index in [0.29, 0.717) is 25.2 Å². The van der Waals surface area contributed by atoms with Crippen molar-refractivity contribution >= 4 is 0 Å². The lowest BCUT2D eigenvalue weighted by Crippen LogP contribution is -2.75. The van der Waals surface area contributed by atoms with Crippen LogP contribution in [0.2, 0.25) is 0 Å². The summed E-state index contributed by atoms with van der Waals surface area (Å²) in [6, 6.07) is 15.1. The van der Waals surface area contributed by atoms with Crippen molar-refractivity contribution < 1.29 is 24.1 Å². The molecule has 0 amide bonds. The fourth-order valence-electron chi connectivity index (χ4n) is 8.83. The molecule has 6 heteroatoms. The van der Waals surface area contributed by atoms with Gasteiger partial charge in [-0.05, 0) is 67.2 Å². The number of aliphatic hydroxyl groups excluding tert-OH is 1. The molecule has 0 aromatic heterocycles. The highest BCUT2D eigenvalue weighted by atomic mass is 16.6. The summed E-state index contributed by atoms with van der Waals surface area (Å²) in [6.45, 7) is 5.66. The van der Waals surface area contributed by atoms with Crippen molar-refractivity contribution in [2.24, 2.45) is 23.2 Å². The highest BCUT2D eigenvalue weighted by Crippen LogP contribution is 2.68. The molecule has 2 aliphatic heterocycles. The molecule has 3 fully saturated rings. The molecule has 2 saturated carbocycles. The highest BCUT2D eigenvalue weighted by Gasteiger charge is 2.73. The average Bonchev–Trinajstić information content (AvgIpc) is 3.70. The Bertz CT molecular complexity index is 1180. The Morgan fingerprint density at radius 2 is 1.92 bits per heavy atom. The van der Waals surface area contributed by atoms with Gasteiger partial charge in [-0.15, -0.1) is 0 Å². The molecule has 1 saturated heterocycles. The van der Waals surface area contributed by atoms with Crippen LogP contribution in [-0.4, -0.2) is 68.8 Å². The summed E-state index contributed by atoms with van der Waals surface area (Å²) in [6.07, 6.45) is 4.34. The minimum atomic E-state index is -0.502. The molecule has 2 aromatic carbocycles. The molecular formula is C32H41NO5. The summed E-state index contributed by atoms with van der Waals surface area (Å²) in [7, 11) is 3.51. The van der Waals surface area contributed by atoms with Gasteiger partial charge in [-0.1, -0.05) is 43.3 Å². The zero-order valence-electron chi connectivity index (χ0n) is 22.9. The lowest BCUT2D eigenvalue weighted by Gasteiger charge is -2.66. The Balaban J connectivity index is 1.35. The maximum atomic E-state index is 11.1. The minimum absolute atomic E-state index is 0.0347. The Hall–Kier alpha value is -2.12. The third-order valence-electron chi connectivity index (χ3n) is 10.8. The maximum absolute atomic E-state index is 11.1. The third-order valence-corrected chi connectivity index (χ3v) is 10.8. The second kappa shape index (κ2) is 9.22. The summed E-state index contributed by atoms with van der Waals surface area (Å²) < 4.78 is 25.6. The first kappa shape index (κ1) is 24.9. The second-order valence-electron chi connectivity index (χ2n) is 12.6. The quantitative estimate of drug-likeness (QED) is 0.536. The van der Waals surface area contributed by atoms with Crippen molar-refractivity contribution in [1.29, 1.82) is 0 Å². The largest absolute Gasteiger partial charge is 0.493 e. The average molecular weight is 520 g/mol. The van der Waals surface area contributed by atoms with Crippen LogP contribution >= 0.6 is 0 Å². The predicted octanol–water partition coefficient (Wildman–Crippen LogP) is 4.21. The number of piperidine rings is 1. The van der Waals surface area contributed by atoms with Gasteiger partial charge in [0.1, 0.15) is 12.2 Å². The molecule has 7 atom stereocenters. The molecule has 0 radical (unpaired) electrons. The number of rotatable bonds is 9. The molecule has 1 N–H and O–H groups in total. The minimum Gasteiger partial charge on any atom is -0.493 e. The molecule has 7 rings (SSSR count). The van der Waals surface area contributed by atoms with Crippen LogP contribution in [0, 0.1) is 23.2 Å². The van der Waals surface area contributed by atoms with Crippen LogP contribution in [0.15, 0.2) is 42.5 Å². The van der Waals surface area contributed by atoms with E-state index in [9.17, 15) is 5.11 Å². The molecule has 7 unspecified atom stereocenters. The zero-order chi connectivity index (χ0) is 26.1. The number of aliphatic hydroxyl groups is 1. The Labute approximate surface area is 226 Å². The lowest BCUT2D eigenvalue weighted by atomic mass is 9.43. The molecule has 2 aromatic rings. The number of likely N-dealkylation sites (tertiary alicyclic amines) is 1. The monoisotopic (exact) mass is 519 g/mol. The van der Waals surface area contributed by atoms with Crippen molar-refractivity contribution in [2.75, 3.05) is 40.5 Å². The first-order valence-corrected chi connectivity index (χ1v) is 14.4. The second-order valence-corrected chi connectivity index (χ2v) is 12.6. The Morgan fingerprint density at radius 3 is 2.63 bits per heavy atom. The van der Waals surface area contributed by atoms with Gasteiger partial charge >= 0.3 is 0 Å². The van der Waals surface area contributed by atoms with Crippen LogP contribution in [0.3, 0.4) is 0 Å². The first-order valence-electron chi connectivity index (χ1n) is 14.4. The van der Waals surface area contributed by atoms with Crippen molar-refractivity contribution in [3.05, 3.63) is 59.2 Å². The van der Waals surface area contributed by atoms with E-state index in [4.69, 9.17) is 18.9 Å².